The molecular formula is C16H32N2O. The van der Waals surface area contributed by atoms with Crippen LogP contribution in [-0.2, 0) is 4.74 Å². The average molecular weight is 268 g/mol. The van der Waals surface area contributed by atoms with Gasteiger partial charge < -0.3 is 10.5 Å². The summed E-state index contributed by atoms with van der Waals surface area (Å²) in [7, 11) is 1.82. The molecule has 0 bridgehead atoms. The van der Waals surface area contributed by atoms with Crippen molar-refractivity contribution in [2.75, 3.05) is 33.4 Å². The fourth-order valence-electron chi connectivity index (χ4n) is 4.43. The van der Waals surface area contributed by atoms with Crippen LogP contribution in [0.5, 0.6) is 0 Å². The van der Waals surface area contributed by atoms with E-state index < -0.39 is 0 Å². The number of piperidine rings is 1. The molecule has 0 spiro atoms. The van der Waals surface area contributed by atoms with Crippen LogP contribution >= 0.6 is 0 Å². The summed E-state index contributed by atoms with van der Waals surface area (Å²) in [6, 6.07) is 0. The monoisotopic (exact) mass is 268 g/mol. The Balaban J connectivity index is 2.07. The Labute approximate surface area is 118 Å². The molecule has 112 valence electrons. The van der Waals surface area contributed by atoms with E-state index in [4.69, 9.17) is 10.5 Å². The van der Waals surface area contributed by atoms with Gasteiger partial charge in [0.05, 0.1) is 6.61 Å². The number of ether oxygens (including phenoxy) is 1. The van der Waals surface area contributed by atoms with Gasteiger partial charge in [-0.1, -0.05) is 13.8 Å². The maximum Gasteiger partial charge on any atom is 0.0502 e. The van der Waals surface area contributed by atoms with Crippen molar-refractivity contribution in [1.29, 1.82) is 0 Å². The predicted molar refractivity (Wildman–Crippen MR) is 80.1 cm³/mol. The van der Waals surface area contributed by atoms with Crippen molar-refractivity contribution in [1.82, 2.24) is 4.90 Å². The second-order valence-electron chi connectivity index (χ2n) is 7.00. The van der Waals surface area contributed by atoms with Gasteiger partial charge in [0.25, 0.3) is 0 Å². The second-order valence-corrected chi connectivity index (χ2v) is 7.00. The second kappa shape index (κ2) is 6.55. The quantitative estimate of drug-likeness (QED) is 0.851. The number of hydrogen-bond acceptors (Lipinski definition) is 3. The minimum atomic E-state index is 0.263. The van der Waals surface area contributed by atoms with Crippen molar-refractivity contribution < 1.29 is 4.74 Å². The van der Waals surface area contributed by atoms with Crippen LogP contribution in [0.25, 0.3) is 0 Å². The fourth-order valence-corrected chi connectivity index (χ4v) is 4.43. The van der Waals surface area contributed by atoms with Gasteiger partial charge in [0.15, 0.2) is 0 Å². The highest BCUT2D eigenvalue weighted by Gasteiger charge is 2.44. The number of rotatable bonds is 4. The molecule has 1 aliphatic heterocycles. The Kier molecular flexibility index (Phi) is 5.27. The molecule has 3 heteroatoms. The van der Waals surface area contributed by atoms with E-state index in [0.717, 1.165) is 25.0 Å². The number of nitrogens with two attached hydrogens (primary N) is 1. The molecule has 2 aliphatic rings. The normalized spacial score (nSPS) is 41.4. The van der Waals surface area contributed by atoms with E-state index in [1.807, 2.05) is 7.11 Å². The topological polar surface area (TPSA) is 38.5 Å². The van der Waals surface area contributed by atoms with Crippen LogP contribution in [0, 0.1) is 17.8 Å². The third-order valence-corrected chi connectivity index (χ3v) is 5.65. The lowest BCUT2D eigenvalue weighted by molar-refractivity contribution is -0.0354. The van der Waals surface area contributed by atoms with E-state index in [0.29, 0.717) is 5.92 Å². The van der Waals surface area contributed by atoms with Gasteiger partial charge in [-0.15, -0.1) is 0 Å². The number of methoxy groups -OCH3 is 1. The molecule has 1 aliphatic carbocycles. The Morgan fingerprint density at radius 1 is 1.32 bits per heavy atom. The molecule has 1 saturated carbocycles. The van der Waals surface area contributed by atoms with Gasteiger partial charge in [0.2, 0.25) is 0 Å². The van der Waals surface area contributed by atoms with Gasteiger partial charge in [0.1, 0.15) is 0 Å². The summed E-state index contributed by atoms with van der Waals surface area (Å²) in [5.41, 5.74) is 6.51. The van der Waals surface area contributed by atoms with Gasteiger partial charge in [-0.25, -0.2) is 0 Å². The number of hydrogen-bond donors (Lipinski definition) is 1. The number of likely N-dealkylation sites (tertiary alicyclic amines) is 1. The summed E-state index contributed by atoms with van der Waals surface area (Å²) in [6.07, 6.45) is 6.58. The first-order chi connectivity index (χ1) is 9.12. The highest BCUT2D eigenvalue weighted by molar-refractivity contribution is 5.00. The van der Waals surface area contributed by atoms with Gasteiger partial charge in [0, 0.05) is 25.7 Å². The number of nitrogens with zero attached hydrogens (tertiary/aromatic N) is 1. The van der Waals surface area contributed by atoms with Crippen molar-refractivity contribution in [3.8, 4) is 0 Å². The summed E-state index contributed by atoms with van der Waals surface area (Å²) in [5.74, 6) is 2.30. The van der Waals surface area contributed by atoms with Crippen molar-refractivity contribution >= 4 is 0 Å². The van der Waals surface area contributed by atoms with Crippen molar-refractivity contribution in [3.63, 3.8) is 0 Å². The SMILES string of the molecule is COCC1CCCN(C2(CN)CCC(C)CC2C)C1. The molecule has 4 unspecified atom stereocenters. The Morgan fingerprint density at radius 2 is 2.11 bits per heavy atom. The molecule has 0 aromatic heterocycles. The van der Waals surface area contributed by atoms with Crippen molar-refractivity contribution in [2.24, 2.45) is 23.5 Å². The van der Waals surface area contributed by atoms with E-state index in [1.165, 1.54) is 45.2 Å². The molecule has 0 radical (unpaired) electrons. The van der Waals surface area contributed by atoms with Crippen LogP contribution < -0.4 is 5.73 Å². The summed E-state index contributed by atoms with van der Waals surface area (Å²) < 4.78 is 5.37. The zero-order valence-corrected chi connectivity index (χ0v) is 13.0. The summed E-state index contributed by atoms with van der Waals surface area (Å²) >= 11 is 0. The lowest BCUT2D eigenvalue weighted by Crippen LogP contribution is -2.62. The van der Waals surface area contributed by atoms with Crippen molar-refractivity contribution in [2.45, 2.75) is 51.5 Å². The minimum Gasteiger partial charge on any atom is -0.384 e. The zero-order valence-electron chi connectivity index (χ0n) is 13.0. The Bertz CT molecular complexity index is 282. The fraction of sp³-hybridized carbons (Fsp3) is 1.00. The molecule has 0 aromatic carbocycles. The molecule has 2 N–H and O–H groups in total. The molecule has 19 heavy (non-hydrogen) atoms. The minimum absolute atomic E-state index is 0.263. The van der Waals surface area contributed by atoms with Crippen LogP contribution in [0.2, 0.25) is 0 Å². The van der Waals surface area contributed by atoms with E-state index in [9.17, 15) is 0 Å². The third kappa shape index (κ3) is 3.14. The maximum absolute atomic E-state index is 6.25. The van der Waals surface area contributed by atoms with Crippen LogP contribution in [0.3, 0.4) is 0 Å². The zero-order chi connectivity index (χ0) is 13.9. The molecular weight excluding hydrogens is 236 g/mol. The van der Waals surface area contributed by atoms with Gasteiger partial charge in [-0.2, -0.15) is 0 Å². The van der Waals surface area contributed by atoms with Crippen LogP contribution in [-0.4, -0.2) is 43.8 Å². The van der Waals surface area contributed by atoms with E-state index in [2.05, 4.69) is 18.7 Å². The Hall–Kier alpha value is -0.120. The first-order valence-corrected chi connectivity index (χ1v) is 8.06. The molecule has 0 aromatic rings. The summed E-state index contributed by atoms with van der Waals surface area (Å²) in [6.45, 7) is 8.95. The lowest BCUT2D eigenvalue weighted by atomic mass is 9.68. The smallest absolute Gasteiger partial charge is 0.0502 e. The van der Waals surface area contributed by atoms with Crippen LogP contribution in [0.1, 0.15) is 46.0 Å². The summed E-state index contributed by atoms with van der Waals surface area (Å²) in [5, 5.41) is 0. The largest absolute Gasteiger partial charge is 0.384 e. The molecule has 2 fully saturated rings. The maximum atomic E-state index is 6.25. The highest BCUT2D eigenvalue weighted by atomic mass is 16.5. The van der Waals surface area contributed by atoms with Crippen molar-refractivity contribution in [3.05, 3.63) is 0 Å². The van der Waals surface area contributed by atoms with E-state index in [1.54, 1.807) is 0 Å². The summed E-state index contributed by atoms with van der Waals surface area (Å²) in [4.78, 5) is 2.72. The van der Waals surface area contributed by atoms with Crippen LogP contribution in [0.15, 0.2) is 0 Å². The predicted octanol–water partition coefficient (Wildman–Crippen LogP) is 2.50. The van der Waals surface area contributed by atoms with Gasteiger partial charge in [-0.05, 0) is 56.4 Å². The first-order valence-electron chi connectivity index (χ1n) is 8.06. The first kappa shape index (κ1) is 15.3. The van der Waals surface area contributed by atoms with Gasteiger partial charge >= 0.3 is 0 Å². The third-order valence-electron chi connectivity index (χ3n) is 5.65. The molecule has 0 amide bonds. The lowest BCUT2D eigenvalue weighted by Gasteiger charge is -2.53. The molecule has 2 rings (SSSR count). The molecule has 1 heterocycles. The molecule has 3 nitrogen and oxygen atoms in total. The Morgan fingerprint density at radius 3 is 2.74 bits per heavy atom. The average Bonchev–Trinajstić information content (AvgIpc) is 2.40. The van der Waals surface area contributed by atoms with Crippen LogP contribution in [0.4, 0.5) is 0 Å². The molecule has 4 atom stereocenters. The van der Waals surface area contributed by atoms with E-state index >= 15 is 0 Å². The van der Waals surface area contributed by atoms with E-state index in [-0.39, 0.29) is 5.54 Å². The molecule has 1 saturated heterocycles. The standard InChI is InChI=1S/C16H32N2O/c1-13-6-7-16(12-17,14(2)9-13)18-8-4-5-15(10-18)11-19-3/h13-15H,4-12,17H2,1-3H3. The highest BCUT2D eigenvalue weighted by Crippen LogP contribution is 2.41. The van der Waals surface area contributed by atoms with Gasteiger partial charge in [-0.3, -0.25) is 4.90 Å².